The molecule has 6 nitrogen and oxygen atoms in total. The third kappa shape index (κ3) is 3.33. The maximum Gasteiger partial charge on any atom is 0.322 e. The number of nitrogens with one attached hydrogen (secondary N) is 1. The summed E-state index contributed by atoms with van der Waals surface area (Å²) in [5, 5.41) is 10.3. The first kappa shape index (κ1) is 14.7. The van der Waals surface area contributed by atoms with Gasteiger partial charge in [0, 0.05) is 19.1 Å². The zero-order valence-electron chi connectivity index (χ0n) is 12.6. The predicted octanol–water partition coefficient (Wildman–Crippen LogP) is 2.39. The number of hydrogen-bond donors (Lipinski definition) is 1. The minimum Gasteiger partial charge on any atom is -0.408 e. The van der Waals surface area contributed by atoms with Crippen molar-refractivity contribution >= 4 is 11.9 Å². The van der Waals surface area contributed by atoms with Gasteiger partial charge >= 0.3 is 6.01 Å². The third-order valence-electron chi connectivity index (χ3n) is 3.82. The monoisotopic (exact) mass is 301 g/mol. The van der Waals surface area contributed by atoms with Gasteiger partial charge in [0.2, 0.25) is 5.89 Å². The van der Waals surface area contributed by atoms with Gasteiger partial charge in [-0.3, -0.25) is 10.1 Å². The van der Waals surface area contributed by atoms with Gasteiger partial charge in [-0.15, -0.1) is 5.10 Å². The fourth-order valence-electron chi connectivity index (χ4n) is 2.64. The number of carbonyl (C=O) groups excluding carboxylic acids is 1. The minimum atomic E-state index is -0.227. The van der Waals surface area contributed by atoms with E-state index in [1.54, 1.807) is 7.11 Å². The molecule has 3 rings (SSSR count). The molecule has 22 heavy (non-hydrogen) atoms. The van der Waals surface area contributed by atoms with Crippen molar-refractivity contribution in [1.29, 1.82) is 0 Å². The van der Waals surface area contributed by atoms with E-state index in [-0.39, 0.29) is 11.9 Å². The van der Waals surface area contributed by atoms with Crippen LogP contribution in [-0.4, -0.2) is 29.8 Å². The average Bonchev–Trinajstić information content (AvgIpc) is 2.99. The molecule has 0 aliphatic heterocycles. The molecule has 0 spiro atoms. The van der Waals surface area contributed by atoms with Crippen LogP contribution in [0.3, 0.4) is 0 Å². The van der Waals surface area contributed by atoms with Crippen molar-refractivity contribution in [3.63, 3.8) is 0 Å². The number of aryl methyl sites for hydroxylation is 2. The summed E-state index contributed by atoms with van der Waals surface area (Å²) in [4.78, 5) is 12.3. The third-order valence-corrected chi connectivity index (χ3v) is 3.82. The largest absolute Gasteiger partial charge is 0.408 e. The second kappa shape index (κ2) is 6.70. The second-order valence-corrected chi connectivity index (χ2v) is 5.39. The quantitative estimate of drug-likeness (QED) is 0.917. The molecule has 0 unspecified atom stereocenters. The average molecular weight is 301 g/mol. The van der Waals surface area contributed by atoms with Crippen molar-refractivity contribution in [2.75, 3.05) is 19.0 Å². The van der Waals surface area contributed by atoms with Crippen molar-refractivity contribution in [2.45, 2.75) is 32.1 Å². The Morgan fingerprint density at radius 2 is 2.09 bits per heavy atom. The Morgan fingerprint density at radius 3 is 2.91 bits per heavy atom. The highest BCUT2D eigenvalue weighted by Gasteiger charge is 2.15. The van der Waals surface area contributed by atoms with Gasteiger partial charge in [-0.2, -0.15) is 0 Å². The molecule has 6 heteroatoms. The molecule has 0 fully saturated rings. The van der Waals surface area contributed by atoms with Gasteiger partial charge in [-0.1, -0.05) is 11.2 Å². The number of aromatic nitrogens is 2. The van der Waals surface area contributed by atoms with Gasteiger partial charge in [-0.05, 0) is 48.9 Å². The van der Waals surface area contributed by atoms with Crippen molar-refractivity contribution in [2.24, 2.45) is 0 Å². The molecule has 1 aromatic carbocycles. The number of methoxy groups -OCH3 is 1. The highest BCUT2D eigenvalue weighted by molar-refractivity contribution is 6.03. The Bertz CT molecular complexity index is 666. The maximum atomic E-state index is 12.3. The standard InChI is InChI=1S/C16H19N3O3/c1-21-9-8-14-18-19-16(22-14)17-15(20)13-7-6-11-4-2-3-5-12(11)10-13/h6-7,10H,2-5,8-9H2,1H3,(H,17,19,20). The van der Waals surface area contributed by atoms with Crippen LogP contribution in [0.5, 0.6) is 0 Å². The highest BCUT2D eigenvalue weighted by Crippen LogP contribution is 2.22. The summed E-state index contributed by atoms with van der Waals surface area (Å²) in [5.41, 5.74) is 3.24. The molecule has 0 bridgehead atoms. The number of nitrogens with zero attached hydrogens (tertiary/aromatic N) is 2. The summed E-state index contributed by atoms with van der Waals surface area (Å²) in [6.45, 7) is 0.500. The van der Waals surface area contributed by atoms with E-state index in [9.17, 15) is 4.79 Å². The molecule has 0 saturated heterocycles. The van der Waals surface area contributed by atoms with E-state index >= 15 is 0 Å². The molecular formula is C16H19N3O3. The molecule has 1 aliphatic carbocycles. The Hall–Kier alpha value is -2.21. The van der Waals surface area contributed by atoms with Gasteiger partial charge in [-0.25, -0.2) is 0 Å². The molecule has 1 aliphatic rings. The maximum absolute atomic E-state index is 12.3. The number of amides is 1. The highest BCUT2D eigenvalue weighted by atomic mass is 16.5. The normalized spacial score (nSPS) is 13.7. The van der Waals surface area contributed by atoms with Gasteiger partial charge in [0.25, 0.3) is 5.91 Å². The topological polar surface area (TPSA) is 77.3 Å². The summed E-state index contributed by atoms with van der Waals surface area (Å²) in [6, 6.07) is 5.98. The number of carbonyl (C=O) groups is 1. The van der Waals surface area contributed by atoms with Gasteiger partial charge < -0.3 is 9.15 Å². The van der Waals surface area contributed by atoms with Gasteiger partial charge in [0.1, 0.15) is 0 Å². The summed E-state index contributed by atoms with van der Waals surface area (Å²) in [5.74, 6) is 0.220. The zero-order chi connectivity index (χ0) is 15.4. The molecular weight excluding hydrogens is 282 g/mol. The van der Waals surface area contributed by atoms with Crippen LogP contribution in [0.4, 0.5) is 6.01 Å². The summed E-state index contributed by atoms with van der Waals surface area (Å²) in [7, 11) is 1.61. The van der Waals surface area contributed by atoms with E-state index in [0.29, 0.717) is 24.5 Å². The summed E-state index contributed by atoms with van der Waals surface area (Å²) >= 11 is 0. The van der Waals surface area contributed by atoms with Crippen molar-refractivity contribution in [3.05, 3.63) is 40.8 Å². The van der Waals surface area contributed by atoms with Crippen LogP contribution in [-0.2, 0) is 24.0 Å². The summed E-state index contributed by atoms with van der Waals surface area (Å²) in [6.07, 6.45) is 5.08. The minimum absolute atomic E-state index is 0.119. The Labute approximate surface area is 128 Å². The molecule has 1 heterocycles. The van der Waals surface area contributed by atoms with Crippen LogP contribution in [0.25, 0.3) is 0 Å². The number of ether oxygens (including phenoxy) is 1. The number of anilines is 1. The van der Waals surface area contributed by atoms with Crippen LogP contribution in [0, 0.1) is 0 Å². The van der Waals surface area contributed by atoms with E-state index in [4.69, 9.17) is 9.15 Å². The number of hydrogen-bond acceptors (Lipinski definition) is 5. The fourth-order valence-corrected chi connectivity index (χ4v) is 2.64. The lowest BCUT2D eigenvalue weighted by Crippen LogP contribution is -2.13. The smallest absolute Gasteiger partial charge is 0.322 e. The first-order valence-electron chi connectivity index (χ1n) is 7.51. The number of rotatable bonds is 5. The SMILES string of the molecule is COCCc1nnc(NC(=O)c2ccc3c(c2)CCCC3)o1. The zero-order valence-corrected chi connectivity index (χ0v) is 12.6. The predicted molar refractivity (Wildman–Crippen MR) is 80.9 cm³/mol. The first-order chi connectivity index (χ1) is 10.8. The number of benzene rings is 1. The van der Waals surface area contributed by atoms with E-state index < -0.39 is 0 Å². The van der Waals surface area contributed by atoms with E-state index in [0.717, 1.165) is 12.8 Å². The van der Waals surface area contributed by atoms with Crippen molar-refractivity contribution in [3.8, 4) is 0 Å². The fraction of sp³-hybridized carbons (Fsp3) is 0.438. The van der Waals surface area contributed by atoms with Crippen LogP contribution >= 0.6 is 0 Å². The van der Waals surface area contributed by atoms with Crippen molar-refractivity contribution in [1.82, 2.24) is 10.2 Å². The lowest BCUT2D eigenvalue weighted by molar-refractivity contribution is 0.102. The molecule has 0 radical (unpaired) electrons. The molecule has 1 amide bonds. The van der Waals surface area contributed by atoms with E-state index in [1.165, 1.54) is 24.0 Å². The van der Waals surface area contributed by atoms with Crippen molar-refractivity contribution < 1.29 is 13.9 Å². The van der Waals surface area contributed by atoms with Crippen LogP contribution in [0.2, 0.25) is 0 Å². The molecule has 1 aromatic heterocycles. The molecule has 116 valence electrons. The first-order valence-corrected chi connectivity index (χ1v) is 7.51. The van der Waals surface area contributed by atoms with Crippen LogP contribution in [0.15, 0.2) is 22.6 Å². The molecule has 2 aromatic rings. The van der Waals surface area contributed by atoms with Gasteiger partial charge in [0.05, 0.1) is 6.61 Å². The Morgan fingerprint density at radius 1 is 1.27 bits per heavy atom. The van der Waals surface area contributed by atoms with Crippen LogP contribution in [0.1, 0.15) is 40.2 Å². The Balaban J connectivity index is 1.67. The Kier molecular flexibility index (Phi) is 4.48. The van der Waals surface area contributed by atoms with E-state index in [2.05, 4.69) is 15.5 Å². The summed E-state index contributed by atoms with van der Waals surface area (Å²) < 4.78 is 10.3. The van der Waals surface area contributed by atoms with Crippen LogP contribution < -0.4 is 5.32 Å². The molecule has 0 atom stereocenters. The second-order valence-electron chi connectivity index (χ2n) is 5.39. The lowest BCUT2D eigenvalue weighted by Gasteiger charge is -2.16. The van der Waals surface area contributed by atoms with E-state index in [1.807, 2.05) is 18.2 Å². The number of fused-ring (bicyclic) bond motifs is 1. The molecule has 1 N–H and O–H groups in total. The lowest BCUT2D eigenvalue weighted by atomic mass is 9.90. The molecule has 0 saturated carbocycles. The van der Waals surface area contributed by atoms with Gasteiger partial charge in [0.15, 0.2) is 0 Å².